The summed E-state index contributed by atoms with van der Waals surface area (Å²) in [6.45, 7) is 7.22. The molecule has 0 aromatic heterocycles. The normalized spacial score (nSPS) is 45.4. The van der Waals surface area contributed by atoms with Gasteiger partial charge >= 0.3 is 5.97 Å². The predicted molar refractivity (Wildman–Crippen MR) is 79.6 cm³/mol. The van der Waals surface area contributed by atoms with Crippen molar-refractivity contribution in [3.63, 3.8) is 0 Å². The van der Waals surface area contributed by atoms with Crippen molar-refractivity contribution in [3.8, 4) is 0 Å². The zero-order valence-electron chi connectivity index (χ0n) is 13.8. The molecule has 0 aromatic carbocycles. The summed E-state index contributed by atoms with van der Waals surface area (Å²) in [5.74, 6) is 0.925. The molecule has 6 unspecified atom stereocenters. The fraction of sp³-hybridized carbons (Fsp3) is 0.882. The molecule has 0 aromatic rings. The number of Topliss-reactive ketones (excluding diaryl/α,β-unsaturated/α-hetero) is 1. The molecule has 2 saturated carbocycles. The van der Waals surface area contributed by atoms with E-state index in [1.165, 1.54) is 0 Å². The highest BCUT2D eigenvalue weighted by molar-refractivity contribution is 5.97. The molecule has 3 aliphatic rings. The van der Waals surface area contributed by atoms with Crippen LogP contribution in [0, 0.1) is 35.0 Å². The summed E-state index contributed by atoms with van der Waals surface area (Å²) in [5, 5.41) is 0. The average molecular weight is 293 g/mol. The van der Waals surface area contributed by atoms with Crippen LogP contribution in [0.1, 0.15) is 33.6 Å². The maximum Gasteiger partial charge on any atom is 0.310 e. The molecule has 4 heteroatoms. The van der Waals surface area contributed by atoms with Gasteiger partial charge in [-0.3, -0.25) is 9.59 Å². The summed E-state index contributed by atoms with van der Waals surface area (Å²) in [4.78, 5) is 27.6. The van der Waals surface area contributed by atoms with Crippen LogP contribution in [0.2, 0.25) is 0 Å². The zero-order chi connectivity index (χ0) is 15.5. The molecule has 1 saturated heterocycles. The second-order valence-electron chi connectivity index (χ2n) is 7.99. The van der Waals surface area contributed by atoms with Crippen molar-refractivity contribution in [3.05, 3.63) is 0 Å². The van der Waals surface area contributed by atoms with Crippen LogP contribution >= 0.6 is 0 Å². The highest BCUT2D eigenvalue weighted by Crippen LogP contribution is 2.61. The summed E-state index contributed by atoms with van der Waals surface area (Å²) in [6.07, 6.45) is 1.54. The Morgan fingerprint density at radius 1 is 1.29 bits per heavy atom. The number of fused-ring (bicyclic) bond motifs is 4. The second-order valence-corrected chi connectivity index (χ2v) is 7.99. The van der Waals surface area contributed by atoms with Gasteiger partial charge in [0, 0.05) is 17.9 Å². The van der Waals surface area contributed by atoms with Crippen LogP contribution in [-0.2, 0) is 14.3 Å². The predicted octanol–water partition coefficient (Wildman–Crippen LogP) is 1.98. The standard InChI is InChI=1S/C17H27NO3/c1-9(2)12-13-11-7-6-10(8-18(4)5)17(11,3)15(19)14(12)21-16(13)20/h9-14H,6-8H2,1-5H3. The summed E-state index contributed by atoms with van der Waals surface area (Å²) < 4.78 is 5.52. The van der Waals surface area contributed by atoms with Crippen molar-refractivity contribution in [1.29, 1.82) is 0 Å². The molecular weight excluding hydrogens is 266 g/mol. The Labute approximate surface area is 127 Å². The van der Waals surface area contributed by atoms with Gasteiger partial charge in [-0.2, -0.15) is 0 Å². The van der Waals surface area contributed by atoms with Gasteiger partial charge in [-0.05, 0) is 44.7 Å². The third-order valence-corrected chi connectivity index (χ3v) is 6.30. The first-order valence-electron chi connectivity index (χ1n) is 8.18. The first kappa shape index (κ1) is 15.0. The molecule has 4 nitrogen and oxygen atoms in total. The molecule has 0 spiro atoms. The van der Waals surface area contributed by atoms with Gasteiger partial charge in [0.05, 0.1) is 5.92 Å². The van der Waals surface area contributed by atoms with Gasteiger partial charge in [0.1, 0.15) is 0 Å². The third-order valence-electron chi connectivity index (χ3n) is 6.30. The quantitative estimate of drug-likeness (QED) is 0.747. The summed E-state index contributed by atoms with van der Waals surface area (Å²) in [7, 11) is 4.11. The van der Waals surface area contributed by atoms with E-state index >= 15 is 0 Å². The molecule has 21 heavy (non-hydrogen) atoms. The van der Waals surface area contributed by atoms with E-state index in [0.29, 0.717) is 11.8 Å². The molecule has 118 valence electrons. The Morgan fingerprint density at radius 2 is 1.95 bits per heavy atom. The number of carbonyl (C=O) groups is 2. The highest BCUT2D eigenvalue weighted by atomic mass is 16.6. The van der Waals surface area contributed by atoms with Gasteiger partial charge in [-0.25, -0.2) is 0 Å². The van der Waals surface area contributed by atoms with Gasteiger partial charge in [0.25, 0.3) is 0 Å². The lowest BCUT2D eigenvalue weighted by Gasteiger charge is -2.45. The summed E-state index contributed by atoms with van der Waals surface area (Å²) >= 11 is 0. The number of nitrogens with zero attached hydrogens (tertiary/aromatic N) is 1. The van der Waals surface area contributed by atoms with Crippen LogP contribution in [0.25, 0.3) is 0 Å². The fourth-order valence-electron chi connectivity index (χ4n) is 5.30. The van der Waals surface area contributed by atoms with Gasteiger partial charge in [0.15, 0.2) is 11.9 Å². The van der Waals surface area contributed by atoms with Crippen molar-refractivity contribution >= 4 is 11.8 Å². The minimum Gasteiger partial charge on any atom is -0.454 e. The smallest absolute Gasteiger partial charge is 0.310 e. The second kappa shape index (κ2) is 4.80. The number of esters is 1. The van der Waals surface area contributed by atoms with Crippen molar-refractivity contribution in [1.82, 2.24) is 4.90 Å². The van der Waals surface area contributed by atoms with Gasteiger partial charge in [-0.1, -0.05) is 20.8 Å². The molecule has 6 atom stereocenters. The van der Waals surface area contributed by atoms with Crippen molar-refractivity contribution < 1.29 is 14.3 Å². The molecule has 1 aliphatic heterocycles. The SMILES string of the molecule is CC(C)C1C2OC(=O)C1C1CCC(CN(C)C)C1(C)C2=O. The molecule has 2 bridgehead atoms. The Kier molecular flexibility index (Phi) is 3.43. The summed E-state index contributed by atoms with van der Waals surface area (Å²) in [5.41, 5.74) is -0.378. The number of carbonyl (C=O) groups excluding carboxylic acids is 2. The largest absolute Gasteiger partial charge is 0.454 e. The van der Waals surface area contributed by atoms with Gasteiger partial charge in [0.2, 0.25) is 0 Å². The number of ketones is 1. The van der Waals surface area contributed by atoms with Crippen LogP contribution in [0.3, 0.4) is 0 Å². The maximum atomic E-state index is 13.1. The van der Waals surface area contributed by atoms with E-state index in [1.54, 1.807) is 0 Å². The average Bonchev–Trinajstić information content (AvgIpc) is 2.85. The van der Waals surface area contributed by atoms with Crippen LogP contribution in [0.15, 0.2) is 0 Å². The molecule has 1 heterocycles. The fourth-order valence-corrected chi connectivity index (χ4v) is 5.30. The maximum absolute atomic E-state index is 13.1. The van der Waals surface area contributed by atoms with Crippen LogP contribution in [-0.4, -0.2) is 43.4 Å². The lowest BCUT2D eigenvalue weighted by molar-refractivity contribution is -0.152. The molecule has 2 aliphatic carbocycles. The number of hydrogen-bond acceptors (Lipinski definition) is 4. The van der Waals surface area contributed by atoms with Crippen molar-refractivity contribution in [2.45, 2.75) is 39.7 Å². The first-order valence-corrected chi connectivity index (χ1v) is 8.18. The van der Waals surface area contributed by atoms with E-state index in [4.69, 9.17) is 4.74 Å². The molecule has 3 rings (SSSR count). The molecule has 0 radical (unpaired) electrons. The van der Waals surface area contributed by atoms with Crippen LogP contribution < -0.4 is 0 Å². The molecular formula is C17H27NO3. The minimum absolute atomic E-state index is 0.0649. The third kappa shape index (κ3) is 1.91. The van der Waals surface area contributed by atoms with Crippen molar-refractivity contribution in [2.24, 2.45) is 35.0 Å². The van der Waals surface area contributed by atoms with E-state index in [9.17, 15) is 9.59 Å². The lowest BCUT2D eigenvalue weighted by Crippen LogP contribution is -2.55. The monoisotopic (exact) mass is 293 g/mol. The number of ether oxygens (including phenoxy) is 1. The van der Waals surface area contributed by atoms with E-state index in [0.717, 1.165) is 19.4 Å². The zero-order valence-corrected chi connectivity index (χ0v) is 13.8. The minimum atomic E-state index is -0.494. The topological polar surface area (TPSA) is 46.6 Å². The molecule has 0 amide bonds. The highest BCUT2D eigenvalue weighted by Gasteiger charge is 2.68. The Hall–Kier alpha value is -0.900. The number of hydrogen-bond donors (Lipinski definition) is 0. The Balaban J connectivity index is 1.99. The van der Waals surface area contributed by atoms with E-state index < -0.39 is 6.10 Å². The van der Waals surface area contributed by atoms with E-state index in [-0.39, 0.29) is 34.9 Å². The lowest BCUT2D eigenvalue weighted by atomic mass is 9.55. The van der Waals surface area contributed by atoms with Crippen molar-refractivity contribution in [2.75, 3.05) is 20.6 Å². The van der Waals surface area contributed by atoms with E-state index in [1.807, 2.05) is 0 Å². The molecule has 0 N–H and O–H groups in total. The Morgan fingerprint density at radius 3 is 2.52 bits per heavy atom. The van der Waals surface area contributed by atoms with Gasteiger partial charge in [-0.15, -0.1) is 0 Å². The molecule has 3 fully saturated rings. The Bertz CT molecular complexity index is 473. The first-order chi connectivity index (χ1) is 9.78. The van der Waals surface area contributed by atoms with Crippen LogP contribution in [0.4, 0.5) is 0 Å². The van der Waals surface area contributed by atoms with Crippen LogP contribution in [0.5, 0.6) is 0 Å². The number of rotatable bonds is 3. The summed E-state index contributed by atoms with van der Waals surface area (Å²) in [6, 6.07) is 0. The van der Waals surface area contributed by atoms with E-state index in [2.05, 4.69) is 39.8 Å². The van der Waals surface area contributed by atoms with Gasteiger partial charge < -0.3 is 9.64 Å².